The van der Waals surface area contributed by atoms with Crippen molar-refractivity contribution in [3.63, 3.8) is 0 Å². The number of imide groups is 1. The average molecular weight is 268 g/mol. The Hall–Kier alpha value is -1.89. The number of anilines is 1. The number of nitrogens with zero attached hydrogens (tertiary/aromatic N) is 1. The molecular formula is C11H12N2O4S. The smallest absolute Gasteiger partial charge is 0.263 e. The topological polar surface area (TPSA) is 97.5 Å². The van der Waals surface area contributed by atoms with Crippen molar-refractivity contribution in [2.75, 3.05) is 24.3 Å². The molecule has 0 aromatic heterocycles. The van der Waals surface area contributed by atoms with Gasteiger partial charge in [-0.1, -0.05) is 6.07 Å². The largest absolute Gasteiger partial charge is 0.398 e. The Morgan fingerprint density at radius 2 is 1.89 bits per heavy atom. The Bertz CT molecular complexity index is 636. The molecule has 2 amide bonds. The van der Waals surface area contributed by atoms with Crippen LogP contribution in [0, 0.1) is 0 Å². The van der Waals surface area contributed by atoms with Crippen LogP contribution in [-0.4, -0.2) is 43.7 Å². The molecule has 0 unspecified atom stereocenters. The quantitative estimate of drug-likeness (QED) is 0.610. The second-order valence-corrected chi connectivity index (χ2v) is 6.42. The van der Waals surface area contributed by atoms with Gasteiger partial charge in [0.15, 0.2) is 0 Å². The lowest BCUT2D eigenvalue weighted by atomic mass is 10.1. The number of carbonyl (C=O) groups is 2. The molecule has 0 saturated carbocycles. The predicted octanol–water partition coefficient (Wildman–Crippen LogP) is -0.0906. The van der Waals surface area contributed by atoms with E-state index < -0.39 is 21.7 Å². The Kier molecular flexibility index (Phi) is 2.86. The third-order valence-corrected chi connectivity index (χ3v) is 3.64. The Balaban J connectivity index is 2.32. The molecule has 0 aliphatic carbocycles. The Morgan fingerprint density at radius 1 is 1.22 bits per heavy atom. The lowest BCUT2D eigenvalue weighted by Gasteiger charge is -2.12. The molecule has 18 heavy (non-hydrogen) atoms. The molecule has 0 saturated heterocycles. The molecule has 2 N–H and O–H groups in total. The third kappa shape index (κ3) is 2.08. The van der Waals surface area contributed by atoms with E-state index in [1.807, 2.05) is 0 Å². The fraction of sp³-hybridized carbons (Fsp3) is 0.273. The van der Waals surface area contributed by atoms with Crippen LogP contribution in [0.5, 0.6) is 0 Å². The van der Waals surface area contributed by atoms with E-state index in [9.17, 15) is 18.0 Å². The summed E-state index contributed by atoms with van der Waals surface area (Å²) in [5.74, 6) is -1.28. The number of rotatable bonds is 3. The van der Waals surface area contributed by atoms with Gasteiger partial charge in [0.1, 0.15) is 9.84 Å². The van der Waals surface area contributed by atoms with E-state index >= 15 is 0 Å². The molecule has 0 spiro atoms. The van der Waals surface area contributed by atoms with Crippen molar-refractivity contribution in [2.45, 2.75) is 0 Å². The third-order valence-electron chi connectivity index (χ3n) is 2.72. The van der Waals surface area contributed by atoms with Crippen molar-refractivity contribution in [2.24, 2.45) is 0 Å². The maximum Gasteiger partial charge on any atom is 0.263 e. The molecule has 6 nitrogen and oxygen atoms in total. The van der Waals surface area contributed by atoms with Gasteiger partial charge >= 0.3 is 0 Å². The van der Waals surface area contributed by atoms with Crippen LogP contribution >= 0.6 is 0 Å². The molecule has 1 aliphatic rings. The van der Waals surface area contributed by atoms with Crippen molar-refractivity contribution < 1.29 is 18.0 Å². The number of nitrogen functional groups attached to an aromatic ring is 1. The second kappa shape index (κ2) is 4.09. The van der Waals surface area contributed by atoms with Crippen molar-refractivity contribution >= 4 is 27.3 Å². The van der Waals surface area contributed by atoms with Crippen LogP contribution in [0.1, 0.15) is 20.7 Å². The molecule has 7 heteroatoms. The van der Waals surface area contributed by atoms with Crippen molar-refractivity contribution in [3.05, 3.63) is 29.3 Å². The van der Waals surface area contributed by atoms with Crippen LogP contribution in [0.2, 0.25) is 0 Å². The van der Waals surface area contributed by atoms with E-state index in [0.717, 1.165) is 11.2 Å². The van der Waals surface area contributed by atoms with Crippen molar-refractivity contribution in [3.8, 4) is 0 Å². The summed E-state index contributed by atoms with van der Waals surface area (Å²) < 4.78 is 22.1. The average Bonchev–Trinajstić information content (AvgIpc) is 2.49. The van der Waals surface area contributed by atoms with Gasteiger partial charge in [-0.25, -0.2) is 8.42 Å². The van der Waals surface area contributed by atoms with Crippen LogP contribution in [-0.2, 0) is 9.84 Å². The number of fused-ring (bicyclic) bond motifs is 1. The first-order chi connectivity index (χ1) is 8.31. The molecule has 0 atom stereocenters. The van der Waals surface area contributed by atoms with Crippen molar-refractivity contribution in [1.82, 2.24) is 4.90 Å². The van der Waals surface area contributed by atoms with Crippen LogP contribution in [0.15, 0.2) is 18.2 Å². The zero-order chi connectivity index (χ0) is 13.5. The summed E-state index contributed by atoms with van der Waals surface area (Å²) in [5.41, 5.74) is 6.27. The van der Waals surface area contributed by atoms with E-state index in [1.54, 1.807) is 6.07 Å². The maximum absolute atomic E-state index is 12.0. The molecule has 1 aromatic rings. The highest BCUT2D eigenvalue weighted by atomic mass is 32.2. The van der Waals surface area contributed by atoms with Gasteiger partial charge in [0.25, 0.3) is 11.8 Å². The van der Waals surface area contributed by atoms with Crippen LogP contribution in [0.25, 0.3) is 0 Å². The first-order valence-electron chi connectivity index (χ1n) is 5.23. The molecule has 0 fully saturated rings. The number of sulfone groups is 1. The van der Waals surface area contributed by atoms with Crippen molar-refractivity contribution in [1.29, 1.82) is 0 Å². The van der Waals surface area contributed by atoms with E-state index in [0.29, 0.717) is 0 Å². The number of amides is 2. The second-order valence-electron chi connectivity index (χ2n) is 4.16. The summed E-state index contributed by atoms with van der Waals surface area (Å²) in [6.07, 6.45) is 1.06. The molecule has 96 valence electrons. The number of carbonyl (C=O) groups excluding carboxylic acids is 2. The minimum absolute atomic E-state index is 0.148. The minimum atomic E-state index is -3.23. The van der Waals surface area contributed by atoms with Crippen LogP contribution < -0.4 is 5.73 Å². The summed E-state index contributed by atoms with van der Waals surface area (Å²) >= 11 is 0. The van der Waals surface area contributed by atoms with Gasteiger partial charge in [-0.05, 0) is 12.1 Å². The fourth-order valence-electron chi connectivity index (χ4n) is 1.82. The highest BCUT2D eigenvalue weighted by molar-refractivity contribution is 7.90. The zero-order valence-corrected chi connectivity index (χ0v) is 10.5. The zero-order valence-electron chi connectivity index (χ0n) is 9.71. The van der Waals surface area contributed by atoms with Crippen LogP contribution in [0.3, 0.4) is 0 Å². The molecule has 1 aromatic carbocycles. The van der Waals surface area contributed by atoms with E-state index in [2.05, 4.69) is 0 Å². The Labute approximate surface area is 104 Å². The van der Waals surface area contributed by atoms with Crippen LogP contribution in [0.4, 0.5) is 5.69 Å². The molecule has 0 radical (unpaired) electrons. The van der Waals surface area contributed by atoms with Gasteiger partial charge < -0.3 is 5.73 Å². The van der Waals surface area contributed by atoms with E-state index in [-0.39, 0.29) is 29.1 Å². The summed E-state index contributed by atoms with van der Waals surface area (Å²) in [6, 6.07) is 4.62. The monoisotopic (exact) mass is 268 g/mol. The molecule has 2 rings (SSSR count). The maximum atomic E-state index is 12.0. The summed E-state index contributed by atoms with van der Waals surface area (Å²) in [6.45, 7) is -0.148. The number of nitrogens with two attached hydrogens (primary N) is 1. The molecule has 1 heterocycles. The van der Waals surface area contributed by atoms with Gasteiger partial charge in [-0.3, -0.25) is 14.5 Å². The first-order valence-corrected chi connectivity index (χ1v) is 7.30. The highest BCUT2D eigenvalue weighted by Crippen LogP contribution is 2.27. The Morgan fingerprint density at radius 3 is 2.44 bits per heavy atom. The number of hydrogen-bond acceptors (Lipinski definition) is 5. The number of hydrogen-bond donors (Lipinski definition) is 1. The lowest BCUT2D eigenvalue weighted by Crippen LogP contribution is -2.34. The SMILES string of the molecule is CS(=O)(=O)CCN1C(=O)c2cccc(N)c2C1=O. The number of benzene rings is 1. The fourth-order valence-corrected chi connectivity index (χ4v) is 2.33. The highest BCUT2D eigenvalue weighted by Gasteiger charge is 2.36. The van der Waals surface area contributed by atoms with Gasteiger partial charge in [0.05, 0.1) is 16.9 Å². The standard InChI is InChI=1S/C11H12N2O4S/c1-18(16,17)6-5-13-10(14)7-3-2-4-8(12)9(7)11(13)15/h2-4H,5-6,12H2,1H3. The van der Waals surface area contributed by atoms with Gasteiger partial charge in [0, 0.05) is 18.5 Å². The molecular weight excluding hydrogens is 256 g/mol. The summed E-state index contributed by atoms with van der Waals surface area (Å²) in [5, 5.41) is 0. The summed E-state index contributed by atoms with van der Waals surface area (Å²) in [7, 11) is -3.23. The van der Waals surface area contributed by atoms with E-state index in [1.165, 1.54) is 12.1 Å². The van der Waals surface area contributed by atoms with E-state index in [4.69, 9.17) is 5.73 Å². The van der Waals surface area contributed by atoms with Gasteiger partial charge in [0.2, 0.25) is 0 Å². The van der Waals surface area contributed by atoms with Gasteiger partial charge in [-0.15, -0.1) is 0 Å². The minimum Gasteiger partial charge on any atom is -0.398 e. The predicted molar refractivity (Wildman–Crippen MR) is 65.9 cm³/mol. The first kappa shape index (κ1) is 12.6. The van der Waals surface area contributed by atoms with Gasteiger partial charge in [-0.2, -0.15) is 0 Å². The summed E-state index contributed by atoms with van der Waals surface area (Å²) in [4.78, 5) is 24.8. The molecule has 0 bridgehead atoms. The normalized spacial score (nSPS) is 15.1. The molecule has 1 aliphatic heterocycles. The lowest BCUT2D eigenvalue weighted by molar-refractivity contribution is 0.0664.